The molecule has 144 valence electrons. The molecule has 0 aromatic heterocycles. The lowest BCUT2D eigenvalue weighted by Crippen LogP contribution is -2.30. The lowest BCUT2D eigenvalue weighted by Gasteiger charge is -2.32. The average molecular weight is 492 g/mol. The van der Waals surface area contributed by atoms with Crippen LogP contribution in [0.15, 0.2) is 45.3 Å². The second-order valence-electron chi connectivity index (χ2n) is 7.85. The van der Waals surface area contributed by atoms with Gasteiger partial charge in [-0.25, -0.2) is 0 Å². The van der Waals surface area contributed by atoms with E-state index in [9.17, 15) is 0 Å². The zero-order chi connectivity index (χ0) is 18.6. The summed E-state index contributed by atoms with van der Waals surface area (Å²) < 4.78 is 2.34. The molecule has 2 aromatic carbocycles. The predicted octanol–water partition coefficient (Wildman–Crippen LogP) is 6.85. The Hall–Kier alpha value is -0.840. The van der Waals surface area contributed by atoms with Gasteiger partial charge in [0, 0.05) is 39.8 Å². The van der Waals surface area contributed by atoms with E-state index in [4.69, 9.17) is 0 Å². The van der Waals surface area contributed by atoms with E-state index in [2.05, 4.69) is 78.1 Å². The molecular weight excluding hydrogens is 464 g/mol. The van der Waals surface area contributed by atoms with Gasteiger partial charge in [-0.05, 0) is 80.6 Å². The first-order valence-corrected chi connectivity index (χ1v) is 11.8. The van der Waals surface area contributed by atoms with Gasteiger partial charge in [-0.1, -0.05) is 50.4 Å². The summed E-state index contributed by atoms with van der Waals surface area (Å²) >= 11 is 7.41. The lowest BCUT2D eigenvalue weighted by atomic mass is 9.96. The van der Waals surface area contributed by atoms with Gasteiger partial charge in [-0.2, -0.15) is 0 Å². The van der Waals surface area contributed by atoms with E-state index in [1.807, 2.05) is 0 Å². The van der Waals surface area contributed by atoms with Gasteiger partial charge in [0.15, 0.2) is 0 Å². The molecule has 0 aliphatic carbocycles. The van der Waals surface area contributed by atoms with E-state index >= 15 is 0 Å². The number of piperidine rings is 2. The topological polar surface area (TPSA) is 6.48 Å². The van der Waals surface area contributed by atoms with Crippen molar-refractivity contribution in [2.24, 2.45) is 0 Å². The van der Waals surface area contributed by atoms with E-state index < -0.39 is 0 Å². The van der Waals surface area contributed by atoms with Crippen molar-refractivity contribution in [3.8, 4) is 11.1 Å². The summed E-state index contributed by atoms with van der Waals surface area (Å²) in [6, 6.07) is 13.6. The molecule has 0 bridgehead atoms. The molecule has 2 aromatic rings. The fraction of sp³-hybridized carbons (Fsp3) is 0.478. The molecule has 4 heteroatoms. The van der Waals surface area contributed by atoms with Crippen molar-refractivity contribution in [2.75, 3.05) is 31.1 Å². The van der Waals surface area contributed by atoms with Gasteiger partial charge in [-0.3, -0.25) is 4.90 Å². The van der Waals surface area contributed by atoms with Gasteiger partial charge in [0.05, 0.1) is 0 Å². The SMILES string of the molecule is Brc1ccc(-c2ccc(Br)cc2N2CCCCC2)c(CN2CCCCC2)c1. The minimum absolute atomic E-state index is 1.05. The summed E-state index contributed by atoms with van der Waals surface area (Å²) in [5, 5.41) is 0. The van der Waals surface area contributed by atoms with Crippen molar-refractivity contribution in [1.82, 2.24) is 4.90 Å². The number of likely N-dealkylation sites (tertiary alicyclic amines) is 1. The molecule has 2 nitrogen and oxygen atoms in total. The van der Waals surface area contributed by atoms with Crippen LogP contribution in [-0.2, 0) is 6.54 Å². The van der Waals surface area contributed by atoms with Crippen LogP contribution in [0.25, 0.3) is 11.1 Å². The third-order valence-electron chi connectivity index (χ3n) is 5.86. The highest BCUT2D eigenvalue weighted by molar-refractivity contribution is 9.10. The van der Waals surface area contributed by atoms with Crippen molar-refractivity contribution >= 4 is 37.5 Å². The van der Waals surface area contributed by atoms with E-state index in [1.54, 1.807) is 0 Å². The van der Waals surface area contributed by atoms with Crippen LogP contribution in [0.5, 0.6) is 0 Å². The maximum atomic E-state index is 3.70. The summed E-state index contributed by atoms with van der Waals surface area (Å²) in [6.45, 7) is 5.84. The van der Waals surface area contributed by atoms with Crippen molar-refractivity contribution in [3.63, 3.8) is 0 Å². The maximum absolute atomic E-state index is 3.70. The second kappa shape index (κ2) is 9.11. The normalized spacial score (nSPS) is 18.7. The Morgan fingerprint density at radius 1 is 0.667 bits per heavy atom. The fourth-order valence-electron chi connectivity index (χ4n) is 4.44. The Kier molecular flexibility index (Phi) is 6.57. The Morgan fingerprint density at radius 2 is 1.26 bits per heavy atom. The van der Waals surface area contributed by atoms with Crippen LogP contribution in [0.1, 0.15) is 44.1 Å². The minimum Gasteiger partial charge on any atom is -0.371 e. The highest BCUT2D eigenvalue weighted by Crippen LogP contribution is 2.38. The molecule has 2 fully saturated rings. The Balaban J connectivity index is 1.72. The van der Waals surface area contributed by atoms with Crippen LogP contribution in [-0.4, -0.2) is 31.1 Å². The van der Waals surface area contributed by atoms with E-state index in [1.165, 1.54) is 96.0 Å². The van der Waals surface area contributed by atoms with Crippen LogP contribution in [0.2, 0.25) is 0 Å². The molecule has 0 radical (unpaired) electrons. The molecule has 0 saturated carbocycles. The molecule has 0 atom stereocenters. The third-order valence-corrected chi connectivity index (χ3v) is 6.84. The first-order chi connectivity index (χ1) is 13.2. The molecule has 27 heavy (non-hydrogen) atoms. The van der Waals surface area contributed by atoms with Gasteiger partial charge >= 0.3 is 0 Å². The lowest BCUT2D eigenvalue weighted by molar-refractivity contribution is 0.221. The van der Waals surface area contributed by atoms with Crippen LogP contribution in [0.3, 0.4) is 0 Å². The molecule has 0 unspecified atom stereocenters. The number of hydrogen-bond acceptors (Lipinski definition) is 2. The summed E-state index contributed by atoms with van der Waals surface area (Å²) in [6.07, 6.45) is 8.01. The molecule has 2 aliphatic heterocycles. The van der Waals surface area contributed by atoms with Crippen molar-refractivity contribution in [1.29, 1.82) is 0 Å². The van der Waals surface area contributed by atoms with Crippen molar-refractivity contribution < 1.29 is 0 Å². The third kappa shape index (κ3) is 4.78. The van der Waals surface area contributed by atoms with Crippen molar-refractivity contribution in [2.45, 2.75) is 45.1 Å². The maximum Gasteiger partial charge on any atom is 0.0457 e. The number of anilines is 1. The summed E-state index contributed by atoms with van der Waals surface area (Å²) in [5.74, 6) is 0. The van der Waals surface area contributed by atoms with E-state index in [0.29, 0.717) is 0 Å². The van der Waals surface area contributed by atoms with Crippen LogP contribution < -0.4 is 4.90 Å². The summed E-state index contributed by atoms with van der Waals surface area (Å²) in [7, 11) is 0. The number of rotatable bonds is 4. The van der Waals surface area contributed by atoms with E-state index in [0.717, 1.165) is 6.54 Å². The van der Waals surface area contributed by atoms with Gasteiger partial charge < -0.3 is 4.90 Å². The number of halogens is 2. The Labute approximate surface area is 180 Å². The molecule has 2 heterocycles. The quantitative estimate of drug-likeness (QED) is 0.461. The van der Waals surface area contributed by atoms with Crippen LogP contribution in [0, 0.1) is 0 Å². The van der Waals surface area contributed by atoms with Gasteiger partial charge in [-0.15, -0.1) is 0 Å². The standard InChI is InChI=1S/C23H28Br2N2/c24-19-7-9-21(18(15-19)17-26-11-3-1-4-12-26)22-10-8-20(25)16-23(22)27-13-5-2-6-14-27/h7-10,15-16H,1-6,11-14,17H2. The first-order valence-electron chi connectivity index (χ1n) is 10.3. The number of hydrogen-bond donors (Lipinski definition) is 0. The summed E-state index contributed by atoms with van der Waals surface area (Å²) in [4.78, 5) is 5.20. The molecule has 4 rings (SSSR count). The molecular formula is C23H28Br2N2. The zero-order valence-electron chi connectivity index (χ0n) is 15.9. The minimum atomic E-state index is 1.05. The highest BCUT2D eigenvalue weighted by atomic mass is 79.9. The highest BCUT2D eigenvalue weighted by Gasteiger charge is 2.19. The first kappa shape index (κ1) is 19.5. The monoisotopic (exact) mass is 490 g/mol. The van der Waals surface area contributed by atoms with Crippen LogP contribution in [0.4, 0.5) is 5.69 Å². The molecule has 0 spiro atoms. The fourth-order valence-corrected chi connectivity index (χ4v) is 5.20. The molecule has 2 saturated heterocycles. The Morgan fingerprint density at radius 3 is 1.96 bits per heavy atom. The van der Waals surface area contributed by atoms with Gasteiger partial charge in [0.25, 0.3) is 0 Å². The number of nitrogens with zero attached hydrogens (tertiary/aromatic N) is 2. The smallest absolute Gasteiger partial charge is 0.0457 e. The van der Waals surface area contributed by atoms with Gasteiger partial charge in [0.1, 0.15) is 0 Å². The zero-order valence-corrected chi connectivity index (χ0v) is 19.1. The number of benzene rings is 2. The molecule has 2 aliphatic rings. The second-order valence-corrected chi connectivity index (χ2v) is 9.68. The van der Waals surface area contributed by atoms with Gasteiger partial charge in [0.2, 0.25) is 0 Å². The summed E-state index contributed by atoms with van der Waals surface area (Å²) in [5.41, 5.74) is 5.58. The van der Waals surface area contributed by atoms with Crippen LogP contribution >= 0.6 is 31.9 Å². The molecule has 0 amide bonds. The average Bonchev–Trinajstić information content (AvgIpc) is 2.70. The molecule has 0 N–H and O–H groups in total. The van der Waals surface area contributed by atoms with E-state index in [-0.39, 0.29) is 0 Å². The van der Waals surface area contributed by atoms with Crippen molar-refractivity contribution in [3.05, 3.63) is 50.9 Å². The Bertz CT molecular complexity index is 778. The largest absolute Gasteiger partial charge is 0.371 e. The predicted molar refractivity (Wildman–Crippen MR) is 122 cm³/mol.